The number of aromatic nitrogens is 1. The summed E-state index contributed by atoms with van der Waals surface area (Å²) in [5.74, 6) is -0.914. The number of methoxy groups -OCH3 is 1. The number of nitrogens with zero attached hydrogens (tertiary/aromatic N) is 1. The first-order valence-corrected chi connectivity index (χ1v) is 5.35. The zero-order valence-corrected chi connectivity index (χ0v) is 10.4. The summed E-state index contributed by atoms with van der Waals surface area (Å²) in [5.41, 5.74) is 0.241. The predicted molar refractivity (Wildman–Crippen MR) is 60.9 cm³/mol. The maximum absolute atomic E-state index is 11.6. The van der Waals surface area contributed by atoms with Gasteiger partial charge in [-0.25, -0.2) is 9.78 Å². The second kappa shape index (κ2) is 5.60. The van der Waals surface area contributed by atoms with Gasteiger partial charge in [-0.15, -0.1) is 0 Å². The molecule has 0 fully saturated rings. The molecule has 0 saturated heterocycles. The number of nitrogens with one attached hydrogen (secondary N) is 1. The molecule has 1 rings (SSSR count). The Morgan fingerprint density at radius 3 is 2.75 bits per heavy atom. The lowest BCUT2D eigenvalue weighted by molar-refractivity contribution is -0.142. The number of ether oxygens (including phenoxy) is 1. The molecule has 0 spiro atoms. The van der Waals surface area contributed by atoms with Gasteiger partial charge in [0, 0.05) is 0 Å². The monoisotopic (exact) mass is 286 g/mol. The summed E-state index contributed by atoms with van der Waals surface area (Å²) in [6.07, 6.45) is 0. The fourth-order valence-electron chi connectivity index (χ4n) is 1.04. The molecule has 0 aliphatic heterocycles. The number of pyridine rings is 1. The van der Waals surface area contributed by atoms with E-state index in [1.165, 1.54) is 7.11 Å². The van der Waals surface area contributed by atoms with E-state index in [0.29, 0.717) is 4.60 Å². The van der Waals surface area contributed by atoms with E-state index in [0.717, 1.165) is 0 Å². The highest BCUT2D eigenvalue weighted by Gasteiger charge is 2.17. The van der Waals surface area contributed by atoms with Crippen LogP contribution >= 0.6 is 15.9 Å². The number of esters is 1. The maximum atomic E-state index is 11.6. The van der Waals surface area contributed by atoms with Crippen LogP contribution in [0.15, 0.2) is 22.8 Å². The van der Waals surface area contributed by atoms with Crippen molar-refractivity contribution in [2.24, 2.45) is 0 Å². The fourth-order valence-corrected chi connectivity index (χ4v) is 1.38. The fraction of sp³-hybridized carbons (Fsp3) is 0.300. The molecule has 0 aliphatic carbocycles. The molecule has 5 nitrogen and oxygen atoms in total. The molecule has 1 amide bonds. The Labute approximate surface area is 101 Å². The van der Waals surface area contributed by atoms with Crippen molar-refractivity contribution in [2.45, 2.75) is 13.0 Å². The number of hydrogen-bond donors (Lipinski definition) is 1. The molecule has 16 heavy (non-hydrogen) atoms. The molecule has 0 radical (unpaired) electrons. The van der Waals surface area contributed by atoms with E-state index >= 15 is 0 Å². The highest BCUT2D eigenvalue weighted by atomic mass is 79.9. The molecular formula is C10H11BrN2O3. The van der Waals surface area contributed by atoms with Crippen LogP contribution in [0.25, 0.3) is 0 Å². The molecule has 1 aromatic rings. The summed E-state index contributed by atoms with van der Waals surface area (Å²) in [6.45, 7) is 1.54. The van der Waals surface area contributed by atoms with Crippen molar-refractivity contribution in [2.75, 3.05) is 7.11 Å². The van der Waals surface area contributed by atoms with E-state index in [4.69, 9.17) is 0 Å². The van der Waals surface area contributed by atoms with Crippen molar-refractivity contribution in [1.29, 1.82) is 0 Å². The van der Waals surface area contributed by atoms with Gasteiger partial charge in [-0.2, -0.15) is 0 Å². The SMILES string of the molecule is COC(=O)[C@H](C)NC(=O)c1cccc(Br)n1. The van der Waals surface area contributed by atoms with Crippen LogP contribution < -0.4 is 5.32 Å². The van der Waals surface area contributed by atoms with Crippen LogP contribution in [-0.4, -0.2) is 30.0 Å². The molecule has 0 aromatic carbocycles. The largest absolute Gasteiger partial charge is 0.467 e. The molecule has 0 aliphatic rings. The molecule has 1 heterocycles. The molecule has 0 saturated carbocycles. The topological polar surface area (TPSA) is 68.3 Å². The zero-order chi connectivity index (χ0) is 12.1. The summed E-state index contributed by atoms with van der Waals surface area (Å²) in [7, 11) is 1.27. The van der Waals surface area contributed by atoms with Gasteiger partial charge in [0.25, 0.3) is 5.91 Å². The lowest BCUT2D eigenvalue weighted by Crippen LogP contribution is -2.39. The first kappa shape index (κ1) is 12.6. The van der Waals surface area contributed by atoms with Crippen LogP contribution in [-0.2, 0) is 9.53 Å². The Morgan fingerprint density at radius 2 is 2.19 bits per heavy atom. The quantitative estimate of drug-likeness (QED) is 0.668. The van der Waals surface area contributed by atoms with Gasteiger partial charge >= 0.3 is 5.97 Å². The van der Waals surface area contributed by atoms with Crippen molar-refractivity contribution in [3.05, 3.63) is 28.5 Å². The van der Waals surface area contributed by atoms with Crippen molar-refractivity contribution < 1.29 is 14.3 Å². The first-order chi connectivity index (χ1) is 7.54. The first-order valence-electron chi connectivity index (χ1n) is 4.56. The summed E-state index contributed by atoms with van der Waals surface area (Å²) in [5, 5.41) is 2.48. The number of carbonyl (C=O) groups excluding carboxylic acids is 2. The summed E-state index contributed by atoms with van der Waals surface area (Å²) >= 11 is 3.16. The average molecular weight is 287 g/mol. The summed E-state index contributed by atoms with van der Waals surface area (Å²) < 4.78 is 5.05. The number of carbonyl (C=O) groups is 2. The van der Waals surface area contributed by atoms with E-state index in [-0.39, 0.29) is 5.69 Å². The van der Waals surface area contributed by atoms with Gasteiger partial charge in [-0.1, -0.05) is 6.07 Å². The lowest BCUT2D eigenvalue weighted by Gasteiger charge is -2.10. The minimum Gasteiger partial charge on any atom is -0.467 e. The number of amides is 1. The van der Waals surface area contributed by atoms with E-state index in [1.807, 2.05) is 0 Å². The molecule has 1 aromatic heterocycles. The van der Waals surface area contributed by atoms with Gasteiger partial charge in [0.2, 0.25) is 0 Å². The molecule has 0 unspecified atom stereocenters. The van der Waals surface area contributed by atoms with Crippen molar-refractivity contribution >= 4 is 27.8 Å². The third-order valence-electron chi connectivity index (χ3n) is 1.85. The van der Waals surface area contributed by atoms with Crippen LogP contribution in [0.2, 0.25) is 0 Å². The van der Waals surface area contributed by atoms with E-state index in [9.17, 15) is 9.59 Å². The van der Waals surface area contributed by atoms with Crippen LogP contribution in [0.1, 0.15) is 17.4 Å². The molecule has 86 valence electrons. The van der Waals surface area contributed by atoms with Crippen LogP contribution in [0.3, 0.4) is 0 Å². The Balaban J connectivity index is 2.69. The Kier molecular flexibility index (Phi) is 4.42. The van der Waals surface area contributed by atoms with Crippen molar-refractivity contribution in [1.82, 2.24) is 10.3 Å². The van der Waals surface area contributed by atoms with E-state index in [2.05, 4.69) is 31.0 Å². The molecule has 1 N–H and O–H groups in total. The Morgan fingerprint density at radius 1 is 1.50 bits per heavy atom. The average Bonchev–Trinajstić information content (AvgIpc) is 2.27. The lowest BCUT2D eigenvalue weighted by atomic mass is 10.3. The highest BCUT2D eigenvalue weighted by Crippen LogP contribution is 2.06. The Bertz CT molecular complexity index is 409. The maximum Gasteiger partial charge on any atom is 0.328 e. The van der Waals surface area contributed by atoms with Gasteiger partial charge in [0.15, 0.2) is 0 Å². The van der Waals surface area contributed by atoms with Gasteiger partial charge < -0.3 is 10.1 Å². The van der Waals surface area contributed by atoms with Crippen molar-refractivity contribution in [3.63, 3.8) is 0 Å². The van der Waals surface area contributed by atoms with Gasteiger partial charge in [0.1, 0.15) is 16.3 Å². The van der Waals surface area contributed by atoms with Gasteiger partial charge in [0.05, 0.1) is 7.11 Å². The normalized spacial score (nSPS) is 11.7. The number of halogens is 1. The number of rotatable bonds is 3. The smallest absolute Gasteiger partial charge is 0.328 e. The minimum atomic E-state index is -0.696. The molecular weight excluding hydrogens is 276 g/mol. The second-order valence-electron chi connectivity index (χ2n) is 3.06. The molecule has 6 heteroatoms. The molecule has 0 bridgehead atoms. The van der Waals surface area contributed by atoms with Crippen LogP contribution in [0, 0.1) is 0 Å². The summed E-state index contributed by atoms with van der Waals surface area (Å²) in [6, 6.07) is 4.26. The Hall–Kier alpha value is -1.43. The van der Waals surface area contributed by atoms with Gasteiger partial charge in [-0.3, -0.25) is 4.79 Å². The second-order valence-corrected chi connectivity index (χ2v) is 3.88. The van der Waals surface area contributed by atoms with E-state index < -0.39 is 17.9 Å². The molecule has 1 atom stereocenters. The summed E-state index contributed by atoms with van der Waals surface area (Å²) in [4.78, 5) is 26.7. The van der Waals surface area contributed by atoms with E-state index in [1.54, 1.807) is 25.1 Å². The van der Waals surface area contributed by atoms with Crippen molar-refractivity contribution in [3.8, 4) is 0 Å². The predicted octanol–water partition coefficient (Wildman–Crippen LogP) is 1.14. The zero-order valence-electron chi connectivity index (χ0n) is 8.86. The standard InChI is InChI=1S/C10H11BrN2O3/c1-6(10(15)16-2)12-9(14)7-4-3-5-8(11)13-7/h3-6H,1-2H3,(H,12,14)/t6-/m0/s1. The van der Waals surface area contributed by atoms with Crippen LogP contribution in [0.4, 0.5) is 0 Å². The third kappa shape index (κ3) is 3.30. The number of hydrogen-bond acceptors (Lipinski definition) is 4. The third-order valence-corrected chi connectivity index (χ3v) is 2.29. The van der Waals surface area contributed by atoms with Crippen LogP contribution in [0.5, 0.6) is 0 Å². The highest BCUT2D eigenvalue weighted by molar-refractivity contribution is 9.10. The minimum absolute atomic E-state index is 0.241. The van der Waals surface area contributed by atoms with Gasteiger partial charge in [-0.05, 0) is 35.0 Å².